The Hall–Kier alpha value is -2.28. The number of hydrogen-bond acceptors (Lipinski definition) is 0. The molecule has 1 heteroatoms. The van der Waals surface area contributed by atoms with E-state index in [1.807, 2.05) is 10.8 Å². The Balaban J connectivity index is 2.42. The number of aromatic nitrogens is 1. The monoisotopic (exact) mass is 233 g/mol. The molecule has 18 heavy (non-hydrogen) atoms. The van der Waals surface area contributed by atoms with Crippen LogP contribution < -0.4 is 4.57 Å². The number of pyridine rings is 1. The van der Waals surface area contributed by atoms with Crippen molar-refractivity contribution in [2.75, 3.05) is 0 Å². The fraction of sp³-hybridized carbons (Fsp3) is 0.0588. The minimum atomic E-state index is 1.17. The minimum absolute atomic E-state index is 1.17. The summed E-state index contributed by atoms with van der Waals surface area (Å²) in [5.74, 6) is 0. The van der Waals surface area contributed by atoms with E-state index >= 15 is 0 Å². The maximum absolute atomic E-state index is 4.10. The van der Waals surface area contributed by atoms with Crippen molar-refractivity contribution in [1.82, 2.24) is 0 Å². The molecule has 0 bridgehead atoms. The number of fused-ring (bicyclic) bond motifs is 1. The van der Waals surface area contributed by atoms with Crippen molar-refractivity contribution in [3.63, 3.8) is 0 Å². The van der Waals surface area contributed by atoms with Crippen LogP contribution in [0.15, 0.2) is 60.8 Å². The van der Waals surface area contributed by atoms with Gasteiger partial charge in [0, 0.05) is 7.05 Å². The lowest BCUT2D eigenvalue weighted by atomic mass is 10.00. The Bertz CT molecular complexity index is 714. The van der Waals surface area contributed by atoms with Gasteiger partial charge in [-0.05, 0) is 34.9 Å². The fourth-order valence-corrected chi connectivity index (χ4v) is 2.40. The smallest absolute Gasteiger partial charge is 0.120 e. The summed E-state index contributed by atoms with van der Waals surface area (Å²) in [5.41, 5.74) is 3.68. The van der Waals surface area contributed by atoms with Crippen LogP contribution in [0, 0.1) is 14.0 Å². The number of aryl methyl sites for hydroxylation is 1. The van der Waals surface area contributed by atoms with Gasteiger partial charge in [-0.25, -0.2) is 0 Å². The van der Waals surface area contributed by atoms with Crippen LogP contribution in [0.2, 0.25) is 0 Å². The molecule has 0 aliphatic rings. The number of nitrogens with zero attached hydrogens (tertiary/aromatic N) is 1. The van der Waals surface area contributed by atoms with Crippen molar-refractivity contribution in [3.8, 4) is 11.3 Å². The molecule has 88 valence electrons. The molecule has 0 aliphatic carbocycles. The summed E-state index contributed by atoms with van der Waals surface area (Å²) in [6, 6.07) is 19.0. The summed E-state index contributed by atoms with van der Waals surface area (Å²) in [5, 5.41) is 2.49. The molecule has 0 aliphatic heterocycles. The van der Waals surface area contributed by atoms with Crippen molar-refractivity contribution in [3.05, 3.63) is 73.4 Å². The highest BCUT2D eigenvalue weighted by Gasteiger charge is 2.09. The van der Waals surface area contributed by atoms with Gasteiger partial charge in [0.2, 0.25) is 0 Å². The molecule has 0 N–H and O–H groups in total. The summed E-state index contributed by atoms with van der Waals surface area (Å²) in [4.78, 5) is 0. The van der Waals surface area contributed by atoms with Gasteiger partial charge in [0.25, 0.3) is 0 Å². The molecule has 2 aromatic carbocycles. The van der Waals surface area contributed by atoms with Gasteiger partial charge in [0.15, 0.2) is 0 Å². The van der Waals surface area contributed by atoms with Crippen LogP contribution >= 0.6 is 0 Å². The molecule has 0 atom stereocenters. The van der Waals surface area contributed by atoms with Gasteiger partial charge in [-0.3, -0.25) is 0 Å². The van der Waals surface area contributed by atoms with Crippen LogP contribution in [0.1, 0.15) is 5.56 Å². The van der Waals surface area contributed by atoms with E-state index in [2.05, 4.69) is 68.6 Å². The first kappa shape index (κ1) is 10.8. The predicted octanol–water partition coefficient (Wildman–Crippen LogP) is 3.74. The molecule has 3 aromatic rings. The van der Waals surface area contributed by atoms with Gasteiger partial charge in [-0.1, -0.05) is 48.5 Å². The van der Waals surface area contributed by atoms with Crippen LogP contribution in [-0.2, 0) is 0 Å². The SMILES string of the molecule is [CH2-][n+]1ccc2ccccc2c1-c1ccccc1C. The summed E-state index contributed by atoms with van der Waals surface area (Å²) in [6.45, 7) is 2.14. The second-order valence-corrected chi connectivity index (χ2v) is 4.54. The Morgan fingerprint density at radius 2 is 1.61 bits per heavy atom. The van der Waals surface area contributed by atoms with Gasteiger partial charge in [0.1, 0.15) is 5.69 Å². The fourth-order valence-electron chi connectivity index (χ4n) is 2.40. The largest absolute Gasteiger partial charge is 0.332 e. The summed E-state index contributed by atoms with van der Waals surface area (Å²) in [6.07, 6.45) is 2.02. The first-order valence-corrected chi connectivity index (χ1v) is 6.07. The second-order valence-electron chi connectivity index (χ2n) is 4.54. The van der Waals surface area contributed by atoms with Gasteiger partial charge >= 0.3 is 0 Å². The normalized spacial score (nSPS) is 10.7. The average molecular weight is 233 g/mol. The Morgan fingerprint density at radius 3 is 2.44 bits per heavy atom. The molecule has 1 aromatic heterocycles. The predicted molar refractivity (Wildman–Crippen MR) is 75.1 cm³/mol. The number of hydrogen-bond donors (Lipinski definition) is 0. The molecule has 0 saturated carbocycles. The molecule has 0 fully saturated rings. The van der Waals surface area contributed by atoms with E-state index < -0.39 is 0 Å². The Labute approximate surface area is 107 Å². The van der Waals surface area contributed by atoms with E-state index in [-0.39, 0.29) is 0 Å². The second kappa shape index (κ2) is 4.19. The van der Waals surface area contributed by atoms with Crippen molar-refractivity contribution >= 4 is 10.8 Å². The highest BCUT2D eigenvalue weighted by molar-refractivity contribution is 5.93. The third-order valence-corrected chi connectivity index (χ3v) is 3.34. The summed E-state index contributed by atoms with van der Waals surface area (Å²) >= 11 is 0. The van der Waals surface area contributed by atoms with Crippen molar-refractivity contribution in [1.29, 1.82) is 0 Å². The number of rotatable bonds is 1. The first-order valence-electron chi connectivity index (χ1n) is 6.07. The van der Waals surface area contributed by atoms with E-state index in [0.29, 0.717) is 0 Å². The molecule has 1 nitrogen and oxygen atoms in total. The zero-order chi connectivity index (χ0) is 12.5. The van der Waals surface area contributed by atoms with Crippen LogP contribution in [-0.4, -0.2) is 0 Å². The van der Waals surface area contributed by atoms with Gasteiger partial charge < -0.3 is 4.57 Å². The van der Waals surface area contributed by atoms with Gasteiger partial charge in [-0.2, -0.15) is 0 Å². The zero-order valence-corrected chi connectivity index (χ0v) is 10.4. The highest BCUT2D eigenvalue weighted by Crippen LogP contribution is 2.27. The van der Waals surface area contributed by atoms with Crippen molar-refractivity contribution < 1.29 is 4.57 Å². The maximum atomic E-state index is 4.10. The summed E-state index contributed by atoms with van der Waals surface area (Å²) in [7, 11) is 4.10. The van der Waals surface area contributed by atoms with Crippen LogP contribution in [0.4, 0.5) is 0 Å². The lowest BCUT2D eigenvalue weighted by molar-refractivity contribution is -0.599. The Kier molecular flexibility index (Phi) is 2.52. The molecule has 3 rings (SSSR count). The summed E-state index contributed by atoms with van der Waals surface area (Å²) < 4.78 is 1.95. The van der Waals surface area contributed by atoms with Crippen LogP contribution in [0.3, 0.4) is 0 Å². The van der Waals surface area contributed by atoms with Crippen molar-refractivity contribution in [2.24, 2.45) is 0 Å². The van der Waals surface area contributed by atoms with Gasteiger partial charge in [-0.15, -0.1) is 0 Å². The van der Waals surface area contributed by atoms with E-state index in [1.54, 1.807) is 0 Å². The van der Waals surface area contributed by atoms with Crippen LogP contribution in [0.5, 0.6) is 0 Å². The third kappa shape index (κ3) is 1.65. The minimum Gasteiger partial charge on any atom is -0.332 e. The quantitative estimate of drug-likeness (QED) is 0.445. The van der Waals surface area contributed by atoms with E-state index in [4.69, 9.17) is 0 Å². The molecule has 1 heterocycles. The molecule has 0 radical (unpaired) electrons. The first-order chi connectivity index (χ1) is 8.77. The zero-order valence-electron chi connectivity index (χ0n) is 10.4. The topological polar surface area (TPSA) is 3.88 Å². The highest BCUT2D eigenvalue weighted by atomic mass is 14.9. The molecular formula is C17H15N. The maximum Gasteiger partial charge on any atom is 0.120 e. The van der Waals surface area contributed by atoms with Crippen LogP contribution in [0.25, 0.3) is 22.0 Å². The van der Waals surface area contributed by atoms with E-state index in [9.17, 15) is 0 Å². The molecule has 0 unspecified atom stereocenters. The van der Waals surface area contributed by atoms with Gasteiger partial charge in [0.05, 0.1) is 6.20 Å². The Morgan fingerprint density at radius 1 is 0.889 bits per heavy atom. The lowest BCUT2D eigenvalue weighted by Crippen LogP contribution is -2.28. The lowest BCUT2D eigenvalue weighted by Gasteiger charge is -2.13. The van der Waals surface area contributed by atoms with E-state index in [1.165, 1.54) is 27.6 Å². The third-order valence-electron chi connectivity index (χ3n) is 3.34. The van der Waals surface area contributed by atoms with E-state index in [0.717, 1.165) is 0 Å². The molecule has 0 amide bonds. The molecule has 0 spiro atoms. The average Bonchev–Trinajstić information content (AvgIpc) is 2.40. The van der Waals surface area contributed by atoms with Crippen molar-refractivity contribution in [2.45, 2.75) is 6.92 Å². The molecule has 0 saturated heterocycles. The standard InChI is InChI=1S/C17H15N/c1-13-7-3-5-9-15(13)17-16-10-6-4-8-14(16)11-12-18(17)2/h3-12H,2H2,1H3. The number of benzene rings is 2. The molecular weight excluding hydrogens is 218 g/mol.